The molecule has 1 aromatic carbocycles. The van der Waals surface area contributed by atoms with Crippen LogP contribution in [0.5, 0.6) is 0 Å². The second-order valence-corrected chi connectivity index (χ2v) is 11.7. The van der Waals surface area contributed by atoms with Crippen LogP contribution in [0.15, 0.2) is 30.2 Å². The van der Waals surface area contributed by atoms with Gasteiger partial charge in [-0.25, -0.2) is 0 Å². The lowest BCUT2D eigenvalue weighted by Gasteiger charge is -2.20. The molecule has 1 saturated carbocycles. The molecule has 43 heavy (non-hydrogen) atoms. The molecule has 3 rings (SSSR count). The molecular weight excluding hydrogens is 585 g/mol. The lowest BCUT2D eigenvalue weighted by molar-refractivity contribution is -0.137. The summed E-state index contributed by atoms with van der Waals surface area (Å²) in [5, 5.41) is 3.08. The fraction of sp³-hybridized carbons (Fsp3) is 0.750. The van der Waals surface area contributed by atoms with Crippen molar-refractivity contribution in [2.75, 3.05) is 59.9 Å². The summed E-state index contributed by atoms with van der Waals surface area (Å²) in [6.45, 7) is 11.4. The van der Waals surface area contributed by atoms with Crippen molar-refractivity contribution >= 4 is 11.6 Å². The van der Waals surface area contributed by atoms with Crippen molar-refractivity contribution in [1.29, 1.82) is 0 Å². The first-order valence-electron chi connectivity index (χ1n) is 15.6. The van der Waals surface area contributed by atoms with Gasteiger partial charge in [0, 0.05) is 13.7 Å². The average molecular weight is 637 g/mol. The molecule has 0 radical (unpaired) electrons. The zero-order chi connectivity index (χ0) is 31.6. The minimum atomic E-state index is -4.36. The largest absolute Gasteiger partial charge is 0.417 e. The molecule has 248 valence electrons. The molecule has 2 N–H and O–H groups in total. The van der Waals surface area contributed by atoms with E-state index in [0.717, 1.165) is 30.4 Å². The molecule has 2 aliphatic rings. The molecule has 0 aromatic heterocycles. The minimum absolute atomic E-state index is 0.0494. The Labute approximate surface area is 261 Å². The van der Waals surface area contributed by atoms with Gasteiger partial charge in [0.05, 0.1) is 62.9 Å². The van der Waals surface area contributed by atoms with Gasteiger partial charge in [0.2, 0.25) is 5.88 Å². The highest BCUT2D eigenvalue weighted by Gasteiger charge is 2.40. The number of hydrogen-bond donors (Lipinski definition) is 2. The highest BCUT2D eigenvalue weighted by atomic mass is 35.5. The molecule has 0 bridgehead atoms. The maximum Gasteiger partial charge on any atom is 0.417 e. The quantitative estimate of drug-likeness (QED) is 0.136. The lowest BCUT2D eigenvalue weighted by atomic mass is 9.90. The van der Waals surface area contributed by atoms with Crippen LogP contribution in [0.3, 0.4) is 0 Å². The third-order valence-electron chi connectivity index (χ3n) is 7.67. The van der Waals surface area contributed by atoms with E-state index >= 15 is 0 Å². The van der Waals surface area contributed by atoms with Crippen molar-refractivity contribution in [3.63, 3.8) is 0 Å². The van der Waals surface area contributed by atoms with Crippen molar-refractivity contribution in [3.05, 3.63) is 46.3 Å². The number of rotatable bonds is 21. The summed E-state index contributed by atoms with van der Waals surface area (Å²) >= 11 is 5.63. The summed E-state index contributed by atoms with van der Waals surface area (Å²) in [6.07, 6.45) is 7.43. The third-order valence-corrected chi connectivity index (χ3v) is 7.99. The number of nitrogens with one attached hydrogen (secondary N) is 2. The van der Waals surface area contributed by atoms with Crippen molar-refractivity contribution in [3.8, 4) is 0 Å². The predicted octanol–water partition coefficient (Wildman–Crippen LogP) is 7.42. The molecule has 1 aliphatic heterocycles. The Bertz CT molecular complexity index is 931. The number of halogens is 4. The number of alkyl halides is 3. The smallest absolute Gasteiger partial charge is 0.391 e. The summed E-state index contributed by atoms with van der Waals surface area (Å²) in [4.78, 5) is 5.60. The topological polar surface area (TPSA) is 70.2 Å². The van der Waals surface area contributed by atoms with Crippen LogP contribution in [0.25, 0.3) is 0 Å². The number of benzene rings is 1. The molecule has 0 spiro atoms. The first-order valence-corrected chi connectivity index (χ1v) is 16.0. The van der Waals surface area contributed by atoms with E-state index in [1.54, 1.807) is 7.11 Å². The lowest BCUT2D eigenvalue weighted by Crippen LogP contribution is -2.30. The molecule has 1 heterocycles. The highest BCUT2D eigenvalue weighted by molar-refractivity contribution is 6.31. The maximum absolute atomic E-state index is 12.4. The average Bonchev–Trinajstić information content (AvgIpc) is 3.55. The Balaban J connectivity index is 0.000000358. The Morgan fingerprint density at radius 2 is 1.63 bits per heavy atom. The standard InChI is InChI=1S/C21H42N2O5.C11H10ClF3/c1-4-6-7-9-19(8-5-2)20-18-21(28-23-20)22-10-11-25-14-15-27-17-16-26-13-12-24-3;1-10(4-5-10)7-2-3-8(9(12)6-7)11(13,14)15/h18-20,22-23H,4-17H2,1-3H3;2-3,6H,4-5H2,1H3. The van der Waals surface area contributed by atoms with E-state index in [9.17, 15) is 13.2 Å². The van der Waals surface area contributed by atoms with Crippen molar-refractivity contribution in [2.24, 2.45) is 5.92 Å². The van der Waals surface area contributed by atoms with Crippen molar-refractivity contribution in [1.82, 2.24) is 10.8 Å². The molecule has 1 aromatic rings. The first-order chi connectivity index (χ1) is 20.6. The molecule has 1 fully saturated rings. The maximum atomic E-state index is 12.4. The molecular formula is C32H52ClF3N2O5. The number of ether oxygens (including phenoxy) is 4. The number of hydrogen-bond acceptors (Lipinski definition) is 7. The van der Waals surface area contributed by atoms with E-state index < -0.39 is 11.7 Å². The molecule has 0 amide bonds. The van der Waals surface area contributed by atoms with Crippen LogP contribution in [0.4, 0.5) is 13.2 Å². The van der Waals surface area contributed by atoms with E-state index in [0.29, 0.717) is 64.8 Å². The number of methoxy groups -OCH3 is 1. The zero-order valence-corrected chi connectivity index (χ0v) is 27.1. The second-order valence-electron chi connectivity index (χ2n) is 11.3. The Morgan fingerprint density at radius 1 is 0.977 bits per heavy atom. The fourth-order valence-electron chi connectivity index (χ4n) is 4.75. The van der Waals surface area contributed by atoms with Crippen LogP contribution >= 0.6 is 11.6 Å². The number of hydroxylamine groups is 1. The molecule has 11 heteroatoms. The van der Waals surface area contributed by atoms with Crippen LogP contribution in [0.2, 0.25) is 5.02 Å². The van der Waals surface area contributed by atoms with Gasteiger partial charge in [0.25, 0.3) is 0 Å². The molecule has 2 unspecified atom stereocenters. The molecule has 1 aliphatic carbocycles. The van der Waals surface area contributed by atoms with Gasteiger partial charge < -0.3 is 29.1 Å². The summed E-state index contributed by atoms with van der Waals surface area (Å²) < 4.78 is 58.4. The molecule has 0 saturated heterocycles. The SMILES string of the molecule is CC1(c2ccc(C(F)(F)F)c(Cl)c2)CC1.CCCCCC(CCC)C1C=C(NCCOCCOCCOCCOC)ON1. The van der Waals surface area contributed by atoms with Crippen LogP contribution in [-0.2, 0) is 35.4 Å². The van der Waals surface area contributed by atoms with E-state index in [2.05, 4.69) is 30.7 Å². The zero-order valence-electron chi connectivity index (χ0n) is 26.3. The van der Waals surface area contributed by atoms with Gasteiger partial charge in [0.1, 0.15) is 0 Å². The van der Waals surface area contributed by atoms with E-state index in [1.807, 2.05) is 6.92 Å². The molecule has 7 nitrogen and oxygen atoms in total. The van der Waals surface area contributed by atoms with Gasteiger partial charge in [-0.15, -0.1) is 5.48 Å². The Kier molecular flexibility index (Phi) is 17.9. The monoisotopic (exact) mass is 636 g/mol. The summed E-state index contributed by atoms with van der Waals surface area (Å²) in [5.74, 6) is 1.46. The van der Waals surface area contributed by atoms with Gasteiger partial charge in [-0.3, -0.25) is 0 Å². The number of unbranched alkanes of at least 4 members (excludes halogenated alkanes) is 2. The third kappa shape index (κ3) is 14.8. The summed E-state index contributed by atoms with van der Waals surface area (Å²) in [7, 11) is 1.66. The van der Waals surface area contributed by atoms with Crippen LogP contribution in [-0.4, -0.2) is 65.9 Å². The Morgan fingerprint density at radius 3 is 2.19 bits per heavy atom. The first kappa shape index (κ1) is 37.6. The van der Waals surface area contributed by atoms with Crippen LogP contribution in [0.1, 0.15) is 83.3 Å². The van der Waals surface area contributed by atoms with E-state index in [1.165, 1.54) is 50.7 Å². The predicted molar refractivity (Wildman–Crippen MR) is 164 cm³/mol. The van der Waals surface area contributed by atoms with Crippen molar-refractivity contribution in [2.45, 2.75) is 89.8 Å². The minimum Gasteiger partial charge on any atom is -0.391 e. The van der Waals surface area contributed by atoms with E-state index in [-0.39, 0.29) is 10.4 Å². The van der Waals surface area contributed by atoms with Crippen LogP contribution < -0.4 is 10.8 Å². The van der Waals surface area contributed by atoms with E-state index in [4.69, 9.17) is 35.4 Å². The van der Waals surface area contributed by atoms with Gasteiger partial charge in [0.15, 0.2) is 0 Å². The molecule has 2 atom stereocenters. The Hall–Kier alpha value is -1.56. The van der Waals surface area contributed by atoms with Crippen molar-refractivity contribution < 1.29 is 37.0 Å². The summed E-state index contributed by atoms with van der Waals surface area (Å²) in [6, 6.07) is 4.35. The summed E-state index contributed by atoms with van der Waals surface area (Å²) in [5.41, 5.74) is 3.38. The van der Waals surface area contributed by atoms with Gasteiger partial charge >= 0.3 is 6.18 Å². The van der Waals surface area contributed by atoms with Gasteiger partial charge in [-0.05, 0) is 60.8 Å². The fourth-order valence-corrected chi connectivity index (χ4v) is 5.04. The normalized spacial score (nSPS) is 18.0. The van der Waals surface area contributed by atoms with Gasteiger partial charge in [-0.2, -0.15) is 13.2 Å². The van der Waals surface area contributed by atoms with Gasteiger partial charge in [-0.1, -0.05) is 64.1 Å². The second kappa shape index (κ2) is 20.5. The highest BCUT2D eigenvalue weighted by Crippen LogP contribution is 2.49. The van der Waals surface area contributed by atoms with Crippen LogP contribution in [0, 0.1) is 5.92 Å².